The maximum Gasteiger partial charge on any atom is 0.305 e. The Labute approximate surface area is 144 Å². The fourth-order valence-electron chi connectivity index (χ4n) is 2.65. The highest BCUT2D eigenvalue weighted by Gasteiger charge is 2.24. The van der Waals surface area contributed by atoms with Gasteiger partial charge >= 0.3 is 5.97 Å². The quantitative estimate of drug-likeness (QED) is 0.618. The Kier molecular flexibility index (Phi) is 6.41. The average molecular weight is 384 g/mol. The summed E-state index contributed by atoms with van der Waals surface area (Å²) in [6, 6.07) is 5.38. The summed E-state index contributed by atoms with van der Waals surface area (Å²) in [4.78, 5) is 27.8. The Hall–Kier alpha value is -1.60. The summed E-state index contributed by atoms with van der Waals surface area (Å²) in [7, 11) is 1.40. The molecule has 1 aliphatic rings. The molecule has 0 unspecified atom stereocenters. The minimum absolute atomic E-state index is 0.0378. The van der Waals surface area contributed by atoms with Crippen molar-refractivity contribution < 1.29 is 14.3 Å². The number of halogens is 1. The number of amides is 1. The van der Waals surface area contributed by atoms with E-state index in [-0.39, 0.29) is 11.9 Å². The van der Waals surface area contributed by atoms with Crippen molar-refractivity contribution in [2.24, 2.45) is 0 Å². The molecule has 0 spiro atoms. The summed E-state index contributed by atoms with van der Waals surface area (Å²) in [5, 5.41) is 0. The summed E-state index contributed by atoms with van der Waals surface area (Å²) in [5.74, 6) is -0.215. The predicted octanol–water partition coefficient (Wildman–Crippen LogP) is 1.74. The Balaban J connectivity index is 1.84. The van der Waals surface area contributed by atoms with E-state index in [2.05, 4.69) is 25.6 Å². The molecule has 0 aliphatic carbocycles. The molecule has 0 radical (unpaired) electrons. The van der Waals surface area contributed by atoms with E-state index >= 15 is 0 Å². The minimum Gasteiger partial charge on any atom is -0.469 e. The van der Waals surface area contributed by atoms with Crippen LogP contribution < -0.4 is 5.73 Å². The van der Waals surface area contributed by atoms with Crippen LogP contribution in [0.4, 0.5) is 5.69 Å². The SMILES string of the molecule is COC(=O)CCCN1CCN(C(=O)c2c(N)cccc2Br)CC1. The molecule has 126 valence electrons. The van der Waals surface area contributed by atoms with Gasteiger partial charge in [0.05, 0.1) is 12.7 Å². The van der Waals surface area contributed by atoms with Gasteiger partial charge in [0.1, 0.15) is 0 Å². The Bertz CT molecular complexity index is 551. The normalized spacial score (nSPS) is 15.5. The van der Waals surface area contributed by atoms with Crippen LogP contribution in [0.1, 0.15) is 23.2 Å². The van der Waals surface area contributed by atoms with E-state index < -0.39 is 0 Å². The van der Waals surface area contributed by atoms with Crippen LogP contribution in [-0.4, -0.2) is 61.5 Å². The van der Waals surface area contributed by atoms with Gasteiger partial charge in [-0.05, 0) is 41.0 Å². The fraction of sp³-hybridized carbons (Fsp3) is 0.500. The molecule has 6 nitrogen and oxygen atoms in total. The molecular weight excluding hydrogens is 362 g/mol. The number of benzene rings is 1. The lowest BCUT2D eigenvalue weighted by Gasteiger charge is -2.35. The lowest BCUT2D eigenvalue weighted by atomic mass is 10.1. The van der Waals surface area contributed by atoms with Crippen molar-refractivity contribution in [2.75, 3.05) is 45.6 Å². The van der Waals surface area contributed by atoms with Crippen molar-refractivity contribution in [1.82, 2.24) is 9.80 Å². The molecule has 1 aromatic rings. The molecular formula is C16H22BrN3O3. The number of nitrogens with two attached hydrogens (primary N) is 1. The molecule has 1 amide bonds. The maximum absolute atomic E-state index is 12.6. The van der Waals surface area contributed by atoms with Crippen molar-refractivity contribution >= 4 is 33.5 Å². The van der Waals surface area contributed by atoms with Crippen molar-refractivity contribution in [3.63, 3.8) is 0 Å². The van der Waals surface area contributed by atoms with E-state index in [1.165, 1.54) is 7.11 Å². The molecule has 0 aromatic heterocycles. The molecule has 2 N–H and O–H groups in total. The monoisotopic (exact) mass is 383 g/mol. The average Bonchev–Trinajstić information content (AvgIpc) is 2.55. The molecule has 1 aromatic carbocycles. The first-order valence-corrected chi connectivity index (χ1v) is 8.44. The Morgan fingerprint density at radius 2 is 1.96 bits per heavy atom. The maximum atomic E-state index is 12.6. The van der Waals surface area contributed by atoms with Gasteiger partial charge in [-0.3, -0.25) is 14.5 Å². The minimum atomic E-state index is -0.178. The van der Waals surface area contributed by atoms with Crippen LogP contribution in [0.2, 0.25) is 0 Å². The van der Waals surface area contributed by atoms with E-state index in [0.717, 1.165) is 30.5 Å². The largest absolute Gasteiger partial charge is 0.469 e. The van der Waals surface area contributed by atoms with Gasteiger partial charge in [-0.1, -0.05) is 6.07 Å². The van der Waals surface area contributed by atoms with E-state index in [1.807, 2.05) is 17.0 Å². The van der Waals surface area contributed by atoms with Crippen molar-refractivity contribution in [2.45, 2.75) is 12.8 Å². The Morgan fingerprint density at radius 3 is 2.57 bits per heavy atom. The second kappa shape index (κ2) is 8.31. The number of nitrogens with zero attached hydrogens (tertiary/aromatic N) is 2. The molecule has 7 heteroatoms. The predicted molar refractivity (Wildman–Crippen MR) is 92.1 cm³/mol. The number of nitrogen functional groups attached to an aromatic ring is 1. The lowest BCUT2D eigenvalue weighted by molar-refractivity contribution is -0.140. The number of hydrogen-bond acceptors (Lipinski definition) is 5. The standard InChI is InChI=1S/C16H22BrN3O3/c1-23-14(21)6-3-7-19-8-10-20(11-9-19)16(22)15-12(17)4-2-5-13(15)18/h2,4-5H,3,6-11,18H2,1H3. The van der Waals surface area contributed by atoms with Gasteiger partial charge in [0, 0.05) is 42.8 Å². The number of carbonyl (C=O) groups is 2. The molecule has 0 bridgehead atoms. The number of methoxy groups -OCH3 is 1. The second-order valence-corrected chi connectivity index (χ2v) is 6.37. The number of esters is 1. The number of ether oxygens (including phenoxy) is 1. The van der Waals surface area contributed by atoms with Crippen LogP contribution >= 0.6 is 15.9 Å². The fourth-order valence-corrected chi connectivity index (χ4v) is 3.20. The van der Waals surface area contributed by atoms with Crippen LogP contribution in [0.15, 0.2) is 22.7 Å². The highest BCUT2D eigenvalue weighted by atomic mass is 79.9. The zero-order valence-corrected chi connectivity index (χ0v) is 14.8. The molecule has 2 rings (SSSR count). The van der Waals surface area contributed by atoms with Gasteiger partial charge in [0.25, 0.3) is 5.91 Å². The van der Waals surface area contributed by atoms with Gasteiger partial charge in [0.2, 0.25) is 0 Å². The van der Waals surface area contributed by atoms with Crippen LogP contribution in [-0.2, 0) is 9.53 Å². The lowest BCUT2D eigenvalue weighted by Crippen LogP contribution is -2.49. The van der Waals surface area contributed by atoms with Gasteiger partial charge in [-0.15, -0.1) is 0 Å². The molecule has 1 fully saturated rings. The Morgan fingerprint density at radius 1 is 1.26 bits per heavy atom. The van der Waals surface area contributed by atoms with Gasteiger partial charge in [0.15, 0.2) is 0 Å². The third kappa shape index (κ3) is 4.68. The van der Waals surface area contributed by atoms with E-state index in [9.17, 15) is 9.59 Å². The molecule has 23 heavy (non-hydrogen) atoms. The highest BCUT2D eigenvalue weighted by Crippen LogP contribution is 2.24. The topological polar surface area (TPSA) is 75.9 Å². The molecule has 0 saturated carbocycles. The third-order valence-corrected chi connectivity index (χ3v) is 4.66. The van der Waals surface area contributed by atoms with Crippen LogP contribution in [0.5, 0.6) is 0 Å². The molecule has 1 heterocycles. The number of carbonyl (C=O) groups excluding carboxylic acids is 2. The third-order valence-electron chi connectivity index (χ3n) is 4.00. The summed E-state index contributed by atoms with van der Waals surface area (Å²) in [5.41, 5.74) is 6.96. The smallest absolute Gasteiger partial charge is 0.305 e. The van der Waals surface area contributed by atoms with Gasteiger partial charge in [-0.25, -0.2) is 0 Å². The molecule has 0 atom stereocenters. The summed E-state index contributed by atoms with van der Waals surface area (Å²) in [6.07, 6.45) is 1.21. The molecule has 1 aliphatic heterocycles. The highest BCUT2D eigenvalue weighted by molar-refractivity contribution is 9.10. The first-order chi connectivity index (χ1) is 11.0. The van der Waals surface area contributed by atoms with Crippen molar-refractivity contribution in [3.8, 4) is 0 Å². The molecule has 1 saturated heterocycles. The van der Waals surface area contributed by atoms with Gasteiger partial charge < -0.3 is 15.4 Å². The van der Waals surface area contributed by atoms with Crippen LogP contribution in [0.3, 0.4) is 0 Å². The van der Waals surface area contributed by atoms with Gasteiger partial charge in [-0.2, -0.15) is 0 Å². The van der Waals surface area contributed by atoms with Crippen molar-refractivity contribution in [3.05, 3.63) is 28.2 Å². The van der Waals surface area contributed by atoms with Crippen LogP contribution in [0, 0.1) is 0 Å². The zero-order valence-electron chi connectivity index (χ0n) is 13.3. The van der Waals surface area contributed by atoms with E-state index in [4.69, 9.17) is 5.73 Å². The first-order valence-electron chi connectivity index (χ1n) is 7.65. The van der Waals surface area contributed by atoms with E-state index in [1.54, 1.807) is 6.07 Å². The number of piperazine rings is 1. The second-order valence-electron chi connectivity index (χ2n) is 5.52. The summed E-state index contributed by atoms with van der Waals surface area (Å²) >= 11 is 3.40. The van der Waals surface area contributed by atoms with E-state index in [0.29, 0.717) is 30.8 Å². The van der Waals surface area contributed by atoms with Crippen LogP contribution in [0.25, 0.3) is 0 Å². The number of anilines is 1. The summed E-state index contributed by atoms with van der Waals surface area (Å²) in [6.45, 7) is 3.78. The van der Waals surface area contributed by atoms with Crippen molar-refractivity contribution in [1.29, 1.82) is 0 Å². The number of hydrogen-bond donors (Lipinski definition) is 1. The zero-order chi connectivity index (χ0) is 16.8. The first kappa shape index (κ1) is 17.7. The number of rotatable bonds is 5. The summed E-state index contributed by atoms with van der Waals surface area (Å²) < 4.78 is 5.36.